The van der Waals surface area contributed by atoms with Gasteiger partial charge in [-0.05, 0) is 45.4 Å². The molecule has 0 bridgehead atoms. The second-order valence-corrected chi connectivity index (χ2v) is 4.98. The Kier molecular flexibility index (Phi) is 3.88. The van der Waals surface area contributed by atoms with E-state index < -0.39 is 0 Å². The molecule has 0 spiro atoms. The lowest BCUT2D eigenvalue weighted by atomic mass is 10.1. The largest absolute Gasteiger partial charge is 0.378 e. The Balaban J connectivity index is 2.36. The van der Waals surface area contributed by atoms with Crippen LogP contribution in [0.4, 0.5) is 10.1 Å². The van der Waals surface area contributed by atoms with E-state index >= 15 is 0 Å². The average molecular weight is 275 g/mol. The van der Waals surface area contributed by atoms with Crippen LogP contribution in [0.5, 0.6) is 0 Å². The number of aromatic nitrogens is 2. The molecule has 20 heavy (non-hydrogen) atoms. The summed E-state index contributed by atoms with van der Waals surface area (Å²) in [6.07, 6.45) is 0. The van der Waals surface area contributed by atoms with Gasteiger partial charge in [0.2, 0.25) is 0 Å². The van der Waals surface area contributed by atoms with Gasteiger partial charge in [-0.1, -0.05) is 6.07 Å². The molecule has 106 valence electrons. The predicted octanol–water partition coefficient (Wildman–Crippen LogP) is 3.01. The van der Waals surface area contributed by atoms with E-state index in [4.69, 9.17) is 0 Å². The number of H-pyrrole nitrogens is 1. The highest BCUT2D eigenvalue weighted by Crippen LogP contribution is 2.22. The van der Waals surface area contributed by atoms with Gasteiger partial charge in [0.05, 0.1) is 17.3 Å². The maximum atomic E-state index is 13.3. The highest BCUT2D eigenvalue weighted by atomic mass is 19.1. The van der Waals surface area contributed by atoms with Gasteiger partial charge < -0.3 is 10.3 Å². The van der Waals surface area contributed by atoms with Crippen LogP contribution in [0.1, 0.15) is 35.6 Å². The standard InChI is InChI=1S/C15H18FN3O/c1-8-5-6-12(16)7-13(8)18-10(3)14-9(2)17-11(4)19-15(14)20/h5-7,10,18H,1-4H3,(H,17,19,20). The van der Waals surface area contributed by atoms with Gasteiger partial charge in [-0.3, -0.25) is 4.79 Å². The average Bonchev–Trinajstić information content (AvgIpc) is 2.32. The molecule has 5 heteroatoms. The van der Waals surface area contributed by atoms with Crippen LogP contribution in [0.3, 0.4) is 0 Å². The van der Waals surface area contributed by atoms with Crippen molar-refractivity contribution in [2.24, 2.45) is 0 Å². The summed E-state index contributed by atoms with van der Waals surface area (Å²) in [6.45, 7) is 7.29. The lowest BCUT2D eigenvalue weighted by molar-refractivity contribution is 0.627. The first-order valence-corrected chi connectivity index (χ1v) is 6.48. The zero-order chi connectivity index (χ0) is 14.9. The lowest BCUT2D eigenvalue weighted by Gasteiger charge is -2.18. The molecule has 0 saturated heterocycles. The van der Waals surface area contributed by atoms with Crippen LogP contribution in [0.15, 0.2) is 23.0 Å². The molecule has 0 saturated carbocycles. The number of anilines is 1. The Bertz CT molecular complexity index is 694. The van der Waals surface area contributed by atoms with Crippen molar-refractivity contribution < 1.29 is 4.39 Å². The van der Waals surface area contributed by atoms with Gasteiger partial charge in [0.1, 0.15) is 11.6 Å². The number of hydrogen-bond acceptors (Lipinski definition) is 3. The Labute approximate surface area is 117 Å². The van der Waals surface area contributed by atoms with Crippen molar-refractivity contribution in [3.05, 3.63) is 57.0 Å². The van der Waals surface area contributed by atoms with Crippen molar-refractivity contribution in [3.8, 4) is 0 Å². The first-order valence-electron chi connectivity index (χ1n) is 6.48. The van der Waals surface area contributed by atoms with Crippen molar-refractivity contribution in [2.45, 2.75) is 33.7 Å². The van der Waals surface area contributed by atoms with E-state index in [9.17, 15) is 9.18 Å². The zero-order valence-electron chi connectivity index (χ0n) is 12.0. The molecule has 1 heterocycles. The van der Waals surface area contributed by atoms with E-state index in [-0.39, 0.29) is 17.4 Å². The topological polar surface area (TPSA) is 57.8 Å². The third kappa shape index (κ3) is 2.87. The van der Waals surface area contributed by atoms with Crippen molar-refractivity contribution in [3.63, 3.8) is 0 Å². The van der Waals surface area contributed by atoms with E-state index in [1.807, 2.05) is 13.8 Å². The van der Waals surface area contributed by atoms with E-state index in [1.165, 1.54) is 12.1 Å². The van der Waals surface area contributed by atoms with E-state index in [0.29, 0.717) is 22.8 Å². The van der Waals surface area contributed by atoms with E-state index in [1.54, 1.807) is 19.9 Å². The van der Waals surface area contributed by atoms with Crippen molar-refractivity contribution in [1.29, 1.82) is 0 Å². The van der Waals surface area contributed by atoms with Crippen molar-refractivity contribution in [1.82, 2.24) is 9.97 Å². The molecule has 2 aromatic rings. The van der Waals surface area contributed by atoms with Crippen LogP contribution in [-0.2, 0) is 0 Å². The van der Waals surface area contributed by atoms with Gasteiger partial charge in [0, 0.05) is 5.69 Å². The van der Waals surface area contributed by atoms with Crippen molar-refractivity contribution in [2.75, 3.05) is 5.32 Å². The monoisotopic (exact) mass is 275 g/mol. The molecule has 0 aliphatic heterocycles. The number of nitrogens with zero attached hydrogens (tertiary/aromatic N) is 1. The molecule has 2 rings (SSSR count). The summed E-state index contributed by atoms with van der Waals surface area (Å²) in [5.74, 6) is 0.281. The molecule has 4 nitrogen and oxygen atoms in total. The van der Waals surface area contributed by atoms with Crippen LogP contribution >= 0.6 is 0 Å². The molecule has 1 atom stereocenters. The smallest absolute Gasteiger partial charge is 0.256 e. The molecule has 0 aliphatic carbocycles. The maximum absolute atomic E-state index is 13.3. The number of rotatable bonds is 3. The van der Waals surface area contributed by atoms with E-state index in [0.717, 1.165) is 5.56 Å². The Morgan fingerprint density at radius 3 is 2.65 bits per heavy atom. The highest BCUT2D eigenvalue weighted by Gasteiger charge is 2.15. The van der Waals surface area contributed by atoms with Gasteiger partial charge >= 0.3 is 0 Å². The molecule has 1 aromatic heterocycles. The summed E-state index contributed by atoms with van der Waals surface area (Å²) in [5.41, 5.74) is 2.69. The molecule has 1 aromatic carbocycles. The minimum absolute atomic E-state index is 0.163. The fourth-order valence-corrected chi connectivity index (χ4v) is 2.30. The maximum Gasteiger partial charge on any atom is 0.256 e. The summed E-state index contributed by atoms with van der Waals surface area (Å²) in [5, 5.41) is 3.17. The Morgan fingerprint density at radius 2 is 2.00 bits per heavy atom. The SMILES string of the molecule is Cc1nc(C)c(C(C)Nc2cc(F)ccc2C)c(=O)[nH]1. The van der Waals surface area contributed by atoms with Crippen LogP contribution in [0.25, 0.3) is 0 Å². The van der Waals surface area contributed by atoms with Gasteiger partial charge in [-0.2, -0.15) is 0 Å². The summed E-state index contributed by atoms with van der Waals surface area (Å²) < 4.78 is 13.3. The van der Waals surface area contributed by atoms with Gasteiger partial charge in [0.25, 0.3) is 5.56 Å². The minimum atomic E-state index is -0.307. The number of aromatic amines is 1. The molecule has 1 unspecified atom stereocenters. The fraction of sp³-hybridized carbons (Fsp3) is 0.333. The second kappa shape index (κ2) is 5.45. The summed E-state index contributed by atoms with van der Waals surface area (Å²) >= 11 is 0. The van der Waals surface area contributed by atoms with Crippen LogP contribution < -0.4 is 10.9 Å². The van der Waals surface area contributed by atoms with Crippen molar-refractivity contribution >= 4 is 5.69 Å². The van der Waals surface area contributed by atoms with Crippen LogP contribution in [0, 0.1) is 26.6 Å². The number of benzene rings is 1. The summed E-state index contributed by atoms with van der Waals surface area (Å²) in [4.78, 5) is 19.0. The summed E-state index contributed by atoms with van der Waals surface area (Å²) in [6, 6.07) is 4.29. The molecular weight excluding hydrogens is 257 g/mol. The first kappa shape index (κ1) is 14.2. The van der Waals surface area contributed by atoms with Crippen LogP contribution in [0.2, 0.25) is 0 Å². The molecular formula is C15H18FN3O. The lowest BCUT2D eigenvalue weighted by Crippen LogP contribution is -2.23. The quantitative estimate of drug-likeness (QED) is 0.905. The van der Waals surface area contributed by atoms with E-state index in [2.05, 4.69) is 15.3 Å². The van der Waals surface area contributed by atoms with Gasteiger partial charge in [0.15, 0.2) is 0 Å². The molecule has 0 amide bonds. The van der Waals surface area contributed by atoms with Gasteiger partial charge in [-0.25, -0.2) is 9.37 Å². The number of aryl methyl sites for hydroxylation is 3. The second-order valence-electron chi connectivity index (χ2n) is 4.98. The number of halogens is 1. The molecule has 0 aliphatic rings. The highest BCUT2D eigenvalue weighted by molar-refractivity contribution is 5.52. The predicted molar refractivity (Wildman–Crippen MR) is 77.5 cm³/mol. The zero-order valence-corrected chi connectivity index (χ0v) is 12.0. The molecule has 2 N–H and O–H groups in total. The Hall–Kier alpha value is -2.17. The third-order valence-electron chi connectivity index (χ3n) is 3.27. The molecule has 0 radical (unpaired) electrons. The normalized spacial score (nSPS) is 12.2. The first-order chi connectivity index (χ1) is 9.38. The third-order valence-corrected chi connectivity index (χ3v) is 3.27. The Morgan fingerprint density at radius 1 is 1.30 bits per heavy atom. The summed E-state index contributed by atoms with van der Waals surface area (Å²) in [7, 11) is 0. The number of nitrogens with one attached hydrogen (secondary N) is 2. The minimum Gasteiger partial charge on any atom is -0.378 e. The van der Waals surface area contributed by atoms with Gasteiger partial charge in [-0.15, -0.1) is 0 Å². The number of hydrogen-bond donors (Lipinski definition) is 2. The van der Waals surface area contributed by atoms with Crippen LogP contribution in [-0.4, -0.2) is 9.97 Å². The fourth-order valence-electron chi connectivity index (χ4n) is 2.30. The molecule has 0 fully saturated rings.